The van der Waals surface area contributed by atoms with Gasteiger partial charge >= 0.3 is 0 Å². The van der Waals surface area contributed by atoms with E-state index in [1.54, 1.807) is 0 Å². The van der Waals surface area contributed by atoms with Crippen molar-refractivity contribution in [3.8, 4) is 0 Å². The smallest absolute Gasteiger partial charge is 0.123 e. The molecule has 0 saturated heterocycles. The number of carbonyl (C=O) groups is 2. The van der Waals surface area contributed by atoms with Gasteiger partial charge in [0.25, 0.3) is 0 Å². The Bertz CT molecular complexity index is 107. The molecule has 0 spiro atoms. The molecule has 56 valence electrons. The molecule has 0 N–H and O–H groups in total. The van der Waals surface area contributed by atoms with Gasteiger partial charge in [-0.25, -0.2) is 0 Å². The summed E-state index contributed by atoms with van der Waals surface area (Å²) in [4.78, 5) is 19.1. The Kier molecular flexibility index (Phi) is 2.60. The first-order valence-electron chi connectivity index (χ1n) is 3.77. The molecule has 2 aliphatic rings. The molecular weight excluding hydrogens is 128 g/mol. The molecule has 2 nitrogen and oxygen atoms in total. The van der Waals surface area contributed by atoms with E-state index in [1.165, 1.54) is 0 Å². The minimum Gasteiger partial charge on any atom is -0.303 e. The molecule has 2 saturated carbocycles. The van der Waals surface area contributed by atoms with Crippen LogP contribution in [-0.2, 0) is 9.59 Å². The third-order valence-electron chi connectivity index (χ3n) is 1.63. The maximum Gasteiger partial charge on any atom is 0.123 e. The van der Waals surface area contributed by atoms with E-state index < -0.39 is 0 Å². The lowest BCUT2D eigenvalue weighted by molar-refractivity contribution is -0.109. The van der Waals surface area contributed by atoms with Crippen LogP contribution in [0.25, 0.3) is 0 Å². The molecule has 0 amide bonds. The average Bonchev–Trinajstić information content (AvgIpc) is 2.86. The van der Waals surface area contributed by atoms with Crippen molar-refractivity contribution < 1.29 is 9.59 Å². The molecule has 2 aliphatic carbocycles. The monoisotopic (exact) mass is 140 g/mol. The third kappa shape index (κ3) is 3.38. The van der Waals surface area contributed by atoms with Crippen molar-refractivity contribution in [1.82, 2.24) is 0 Å². The van der Waals surface area contributed by atoms with E-state index in [1.807, 2.05) is 0 Å². The summed E-state index contributed by atoms with van der Waals surface area (Å²) < 4.78 is 0. The number of rotatable bonds is 2. The summed E-state index contributed by atoms with van der Waals surface area (Å²) in [5, 5.41) is 0. The van der Waals surface area contributed by atoms with Gasteiger partial charge in [0.1, 0.15) is 12.6 Å². The van der Waals surface area contributed by atoms with Gasteiger partial charge in [0.05, 0.1) is 0 Å². The van der Waals surface area contributed by atoms with Gasteiger partial charge < -0.3 is 9.59 Å². The molecule has 0 atom stereocenters. The Morgan fingerprint density at radius 3 is 1.10 bits per heavy atom. The Morgan fingerprint density at radius 2 is 1.10 bits per heavy atom. The van der Waals surface area contributed by atoms with Crippen LogP contribution in [-0.4, -0.2) is 12.6 Å². The largest absolute Gasteiger partial charge is 0.303 e. The van der Waals surface area contributed by atoms with E-state index >= 15 is 0 Å². The summed E-state index contributed by atoms with van der Waals surface area (Å²) in [6.45, 7) is 0. The Balaban J connectivity index is 0.0000001000. The molecule has 0 aromatic rings. The van der Waals surface area contributed by atoms with Crippen LogP contribution >= 0.6 is 0 Å². The van der Waals surface area contributed by atoms with Gasteiger partial charge in [-0.05, 0) is 25.7 Å². The van der Waals surface area contributed by atoms with E-state index in [0.29, 0.717) is 11.8 Å². The highest BCUT2D eigenvalue weighted by Gasteiger charge is 2.19. The van der Waals surface area contributed by atoms with Gasteiger partial charge in [0, 0.05) is 11.8 Å². The first-order chi connectivity index (χ1) is 4.86. The maximum atomic E-state index is 9.57. The van der Waals surface area contributed by atoms with Gasteiger partial charge in [-0.1, -0.05) is 0 Å². The predicted molar refractivity (Wildman–Crippen MR) is 37.6 cm³/mol. The van der Waals surface area contributed by atoms with E-state index in [-0.39, 0.29) is 0 Å². The van der Waals surface area contributed by atoms with Crippen LogP contribution in [0.3, 0.4) is 0 Å². The van der Waals surface area contributed by atoms with Crippen molar-refractivity contribution in [2.45, 2.75) is 25.7 Å². The highest BCUT2D eigenvalue weighted by molar-refractivity contribution is 5.56. The number of carbonyl (C=O) groups excluding carboxylic acids is 2. The predicted octanol–water partition coefficient (Wildman–Crippen LogP) is 1.19. The summed E-state index contributed by atoms with van der Waals surface area (Å²) in [7, 11) is 0. The summed E-state index contributed by atoms with van der Waals surface area (Å²) in [5.41, 5.74) is 0. The van der Waals surface area contributed by atoms with Gasteiger partial charge in [0.2, 0.25) is 0 Å². The fourth-order valence-corrected chi connectivity index (χ4v) is 0.465. The Labute approximate surface area is 60.6 Å². The molecule has 0 aromatic heterocycles. The first kappa shape index (κ1) is 7.45. The zero-order valence-electron chi connectivity index (χ0n) is 5.95. The maximum absolute atomic E-state index is 9.57. The minimum atomic E-state index is 0.454. The van der Waals surface area contributed by atoms with Crippen LogP contribution in [0.2, 0.25) is 0 Å². The molecule has 0 aromatic carbocycles. The molecular formula is C8H12O2. The number of hydrogen-bond donors (Lipinski definition) is 0. The van der Waals surface area contributed by atoms with E-state index in [0.717, 1.165) is 38.3 Å². The SMILES string of the molecule is O=CC1CC1.O=CC1CC1. The summed E-state index contributed by atoms with van der Waals surface area (Å²) in [6.07, 6.45) is 6.62. The summed E-state index contributed by atoms with van der Waals surface area (Å²) in [6, 6.07) is 0. The lowest BCUT2D eigenvalue weighted by Gasteiger charge is -1.56. The third-order valence-corrected chi connectivity index (χ3v) is 1.63. The fourth-order valence-electron chi connectivity index (χ4n) is 0.465. The molecule has 0 aliphatic heterocycles. The highest BCUT2D eigenvalue weighted by Crippen LogP contribution is 2.25. The molecule has 2 heteroatoms. The van der Waals surface area contributed by atoms with Crippen LogP contribution in [0.1, 0.15) is 25.7 Å². The van der Waals surface area contributed by atoms with Crippen LogP contribution in [0.5, 0.6) is 0 Å². The van der Waals surface area contributed by atoms with Crippen LogP contribution in [0, 0.1) is 11.8 Å². The van der Waals surface area contributed by atoms with Gasteiger partial charge in [-0.3, -0.25) is 0 Å². The quantitative estimate of drug-likeness (QED) is 0.540. The molecule has 0 unspecified atom stereocenters. The second-order valence-electron chi connectivity index (χ2n) is 2.95. The summed E-state index contributed by atoms with van der Waals surface area (Å²) in [5.74, 6) is 0.907. The molecule has 0 radical (unpaired) electrons. The van der Waals surface area contributed by atoms with E-state index in [2.05, 4.69) is 0 Å². The van der Waals surface area contributed by atoms with Crippen LogP contribution in [0.4, 0.5) is 0 Å². The number of hydrogen-bond acceptors (Lipinski definition) is 2. The molecule has 2 fully saturated rings. The van der Waals surface area contributed by atoms with Gasteiger partial charge in [-0.15, -0.1) is 0 Å². The minimum absolute atomic E-state index is 0.454. The second kappa shape index (κ2) is 3.49. The van der Waals surface area contributed by atoms with Gasteiger partial charge in [0.15, 0.2) is 0 Å². The topological polar surface area (TPSA) is 34.1 Å². The van der Waals surface area contributed by atoms with Crippen molar-refractivity contribution in [2.24, 2.45) is 11.8 Å². The summed E-state index contributed by atoms with van der Waals surface area (Å²) >= 11 is 0. The highest BCUT2D eigenvalue weighted by atomic mass is 16.1. The number of aldehydes is 2. The first-order valence-corrected chi connectivity index (χ1v) is 3.77. The zero-order chi connectivity index (χ0) is 7.40. The molecule has 10 heavy (non-hydrogen) atoms. The van der Waals surface area contributed by atoms with Crippen molar-refractivity contribution in [1.29, 1.82) is 0 Å². The van der Waals surface area contributed by atoms with Crippen LogP contribution < -0.4 is 0 Å². The Morgan fingerprint density at radius 1 is 0.800 bits per heavy atom. The average molecular weight is 140 g/mol. The Hall–Kier alpha value is -0.660. The van der Waals surface area contributed by atoms with Crippen molar-refractivity contribution >= 4 is 12.6 Å². The lowest BCUT2D eigenvalue weighted by Crippen LogP contribution is -1.66. The van der Waals surface area contributed by atoms with E-state index in [9.17, 15) is 9.59 Å². The standard InChI is InChI=1S/2C4H6O/c2*5-3-4-1-2-4/h2*3-4H,1-2H2. The van der Waals surface area contributed by atoms with Crippen molar-refractivity contribution in [2.75, 3.05) is 0 Å². The molecule has 0 bridgehead atoms. The fraction of sp³-hybridized carbons (Fsp3) is 0.750. The molecule has 2 rings (SSSR count). The zero-order valence-corrected chi connectivity index (χ0v) is 5.95. The van der Waals surface area contributed by atoms with Crippen LogP contribution in [0.15, 0.2) is 0 Å². The molecule has 0 heterocycles. The van der Waals surface area contributed by atoms with Gasteiger partial charge in [-0.2, -0.15) is 0 Å². The normalized spacial score (nSPS) is 22.4. The second-order valence-corrected chi connectivity index (χ2v) is 2.95. The van der Waals surface area contributed by atoms with E-state index in [4.69, 9.17) is 0 Å². The van der Waals surface area contributed by atoms with Crippen molar-refractivity contribution in [3.05, 3.63) is 0 Å². The van der Waals surface area contributed by atoms with Crippen molar-refractivity contribution in [3.63, 3.8) is 0 Å². The lowest BCUT2D eigenvalue weighted by atomic mass is 10.5.